The number of methoxy groups -OCH3 is 1. The highest BCUT2D eigenvalue weighted by molar-refractivity contribution is 5.64. The van der Waals surface area contributed by atoms with Gasteiger partial charge in [0.1, 0.15) is 5.75 Å². The molecule has 0 aromatic heterocycles. The molecule has 1 nitrogen and oxygen atoms in total. The summed E-state index contributed by atoms with van der Waals surface area (Å²) < 4.78 is 5.24. The van der Waals surface area contributed by atoms with Gasteiger partial charge in [0, 0.05) is 0 Å². The van der Waals surface area contributed by atoms with Gasteiger partial charge in [-0.05, 0) is 78.7 Å². The summed E-state index contributed by atoms with van der Waals surface area (Å²) in [6.07, 6.45) is 6.94. The number of ether oxygens (including phenoxy) is 1. The van der Waals surface area contributed by atoms with E-state index in [2.05, 4.69) is 50.2 Å². The smallest absolute Gasteiger partial charge is 0.118 e. The normalized spacial score (nSPS) is 21.0. The Labute approximate surface area is 147 Å². The minimum atomic E-state index is 0.762. The average Bonchev–Trinajstić information content (AvgIpc) is 2.62. The van der Waals surface area contributed by atoms with Gasteiger partial charge in [-0.2, -0.15) is 0 Å². The van der Waals surface area contributed by atoms with Crippen molar-refractivity contribution in [2.45, 2.75) is 51.9 Å². The van der Waals surface area contributed by atoms with E-state index in [4.69, 9.17) is 4.74 Å². The first-order valence-electron chi connectivity index (χ1n) is 9.40. The van der Waals surface area contributed by atoms with E-state index >= 15 is 0 Å². The lowest BCUT2D eigenvalue weighted by molar-refractivity contribution is 0.283. The summed E-state index contributed by atoms with van der Waals surface area (Å²) in [6.45, 7) is 4.70. The Morgan fingerprint density at radius 1 is 0.833 bits per heavy atom. The zero-order valence-corrected chi connectivity index (χ0v) is 15.3. The van der Waals surface area contributed by atoms with Crippen LogP contribution in [0, 0.1) is 11.8 Å². The van der Waals surface area contributed by atoms with Crippen molar-refractivity contribution in [2.24, 2.45) is 11.8 Å². The maximum atomic E-state index is 5.24. The van der Waals surface area contributed by atoms with Gasteiger partial charge in [0.05, 0.1) is 7.11 Å². The predicted octanol–water partition coefficient (Wildman–Crippen LogP) is 6.68. The van der Waals surface area contributed by atoms with Gasteiger partial charge in [-0.3, -0.25) is 0 Å². The maximum Gasteiger partial charge on any atom is 0.118 e. The van der Waals surface area contributed by atoms with Crippen molar-refractivity contribution in [1.82, 2.24) is 0 Å². The third-order valence-electron chi connectivity index (χ3n) is 5.46. The number of benzene rings is 2. The Balaban J connectivity index is 1.62. The minimum absolute atomic E-state index is 0.762. The van der Waals surface area contributed by atoms with E-state index in [0.717, 1.165) is 23.5 Å². The van der Waals surface area contributed by atoms with Crippen molar-refractivity contribution < 1.29 is 4.74 Å². The Morgan fingerprint density at radius 3 is 1.88 bits per heavy atom. The van der Waals surface area contributed by atoms with E-state index in [9.17, 15) is 0 Å². The monoisotopic (exact) mass is 322 g/mol. The fourth-order valence-corrected chi connectivity index (χ4v) is 4.13. The molecule has 1 fully saturated rings. The van der Waals surface area contributed by atoms with Crippen LogP contribution in [0.2, 0.25) is 0 Å². The molecular formula is C23H30O. The molecule has 0 spiro atoms. The molecule has 3 rings (SSSR count). The van der Waals surface area contributed by atoms with E-state index in [1.54, 1.807) is 7.11 Å². The average molecular weight is 322 g/mol. The summed E-state index contributed by atoms with van der Waals surface area (Å²) in [6, 6.07) is 17.5. The van der Waals surface area contributed by atoms with Crippen LogP contribution in [-0.2, 0) is 0 Å². The quantitative estimate of drug-likeness (QED) is 0.596. The Morgan fingerprint density at radius 2 is 1.38 bits per heavy atom. The molecule has 1 heteroatoms. The van der Waals surface area contributed by atoms with Crippen LogP contribution in [0.4, 0.5) is 0 Å². The minimum Gasteiger partial charge on any atom is -0.497 e. The molecule has 0 N–H and O–H groups in total. The van der Waals surface area contributed by atoms with Gasteiger partial charge in [0.2, 0.25) is 0 Å². The largest absolute Gasteiger partial charge is 0.497 e. The van der Waals surface area contributed by atoms with Crippen LogP contribution in [0.3, 0.4) is 0 Å². The highest BCUT2D eigenvalue weighted by Gasteiger charge is 2.22. The van der Waals surface area contributed by atoms with Crippen molar-refractivity contribution in [2.75, 3.05) is 7.11 Å². The molecule has 128 valence electrons. The van der Waals surface area contributed by atoms with Gasteiger partial charge in [0.15, 0.2) is 0 Å². The van der Waals surface area contributed by atoms with E-state index in [1.165, 1.54) is 48.8 Å². The molecule has 0 unspecified atom stereocenters. The van der Waals surface area contributed by atoms with E-state index in [0.29, 0.717) is 0 Å². The third-order valence-corrected chi connectivity index (χ3v) is 5.46. The van der Waals surface area contributed by atoms with Crippen LogP contribution in [0.25, 0.3) is 11.1 Å². The van der Waals surface area contributed by atoms with Crippen molar-refractivity contribution in [1.29, 1.82) is 0 Å². The fraction of sp³-hybridized carbons (Fsp3) is 0.478. The lowest BCUT2D eigenvalue weighted by Gasteiger charge is -2.29. The third kappa shape index (κ3) is 4.20. The van der Waals surface area contributed by atoms with E-state index in [1.807, 2.05) is 12.1 Å². The Hall–Kier alpha value is -1.76. The molecule has 0 amide bonds. The summed E-state index contributed by atoms with van der Waals surface area (Å²) >= 11 is 0. The van der Waals surface area contributed by atoms with Crippen molar-refractivity contribution in [3.8, 4) is 16.9 Å². The number of hydrogen-bond acceptors (Lipinski definition) is 1. The fourth-order valence-electron chi connectivity index (χ4n) is 4.13. The van der Waals surface area contributed by atoms with Gasteiger partial charge < -0.3 is 4.74 Å². The molecule has 24 heavy (non-hydrogen) atoms. The molecule has 1 saturated carbocycles. The Bertz CT molecular complexity index is 616. The van der Waals surface area contributed by atoms with Crippen molar-refractivity contribution >= 4 is 0 Å². The second-order valence-electron chi connectivity index (χ2n) is 7.70. The van der Waals surface area contributed by atoms with Gasteiger partial charge in [-0.1, -0.05) is 50.2 Å². The standard InChI is InChI=1S/C23H30O/c1-17(2)16-18-4-6-19(7-5-18)20-8-10-21(11-9-20)22-12-14-23(24-3)15-13-22/h8-15,17-19H,4-7,16H2,1-3H3. The van der Waals surface area contributed by atoms with Crippen LogP contribution >= 0.6 is 0 Å². The SMILES string of the molecule is COc1ccc(-c2ccc(C3CCC(CC(C)C)CC3)cc2)cc1. The second-order valence-corrected chi connectivity index (χ2v) is 7.70. The van der Waals surface area contributed by atoms with Crippen molar-refractivity contribution in [3.63, 3.8) is 0 Å². The second kappa shape index (κ2) is 7.88. The predicted molar refractivity (Wildman–Crippen MR) is 103 cm³/mol. The van der Waals surface area contributed by atoms with E-state index < -0.39 is 0 Å². The van der Waals surface area contributed by atoms with Gasteiger partial charge in [-0.15, -0.1) is 0 Å². The zero-order valence-electron chi connectivity index (χ0n) is 15.3. The zero-order chi connectivity index (χ0) is 16.9. The molecule has 2 aromatic carbocycles. The summed E-state index contributed by atoms with van der Waals surface area (Å²) in [5.41, 5.74) is 4.06. The van der Waals surface area contributed by atoms with Gasteiger partial charge >= 0.3 is 0 Å². The highest BCUT2D eigenvalue weighted by atomic mass is 16.5. The van der Waals surface area contributed by atoms with Crippen LogP contribution in [0.5, 0.6) is 5.75 Å². The van der Waals surface area contributed by atoms with E-state index in [-0.39, 0.29) is 0 Å². The lowest BCUT2D eigenvalue weighted by atomic mass is 9.76. The molecule has 1 aliphatic carbocycles. The maximum absolute atomic E-state index is 5.24. The van der Waals surface area contributed by atoms with Crippen LogP contribution < -0.4 is 4.74 Å². The molecule has 0 bridgehead atoms. The topological polar surface area (TPSA) is 9.23 Å². The first-order chi connectivity index (χ1) is 11.7. The first kappa shape index (κ1) is 17.1. The number of hydrogen-bond donors (Lipinski definition) is 0. The van der Waals surface area contributed by atoms with Crippen molar-refractivity contribution in [3.05, 3.63) is 54.1 Å². The Kier molecular flexibility index (Phi) is 5.60. The van der Waals surface area contributed by atoms with Crippen LogP contribution in [0.1, 0.15) is 57.4 Å². The molecule has 0 heterocycles. The summed E-state index contributed by atoms with van der Waals surface area (Å²) in [5, 5.41) is 0. The molecule has 0 radical (unpaired) electrons. The summed E-state index contributed by atoms with van der Waals surface area (Å²) in [4.78, 5) is 0. The number of rotatable bonds is 5. The van der Waals surface area contributed by atoms with Crippen LogP contribution in [0.15, 0.2) is 48.5 Å². The molecule has 1 aliphatic rings. The lowest BCUT2D eigenvalue weighted by Crippen LogP contribution is -2.14. The van der Waals surface area contributed by atoms with Gasteiger partial charge in [0.25, 0.3) is 0 Å². The molecule has 0 atom stereocenters. The molecule has 0 aliphatic heterocycles. The molecule has 0 saturated heterocycles. The van der Waals surface area contributed by atoms with Crippen LogP contribution in [-0.4, -0.2) is 7.11 Å². The molecular weight excluding hydrogens is 292 g/mol. The molecule has 2 aromatic rings. The first-order valence-corrected chi connectivity index (χ1v) is 9.40. The van der Waals surface area contributed by atoms with Gasteiger partial charge in [-0.25, -0.2) is 0 Å². The summed E-state index contributed by atoms with van der Waals surface area (Å²) in [5.74, 6) is 3.47. The highest BCUT2D eigenvalue weighted by Crippen LogP contribution is 2.38. The summed E-state index contributed by atoms with van der Waals surface area (Å²) in [7, 11) is 1.71.